The number of hydrazine groups is 1. The Morgan fingerprint density at radius 2 is 1.90 bits per heavy atom. The van der Waals surface area contributed by atoms with E-state index in [0.29, 0.717) is 18.3 Å². The minimum atomic E-state index is 0.157. The van der Waals surface area contributed by atoms with E-state index in [2.05, 4.69) is 25.7 Å². The molecule has 0 bridgehead atoms. The summed E-state index contributed by atoms with van der Waals surface area (Å²) in [6.45, 7) is 2.48. The number of benzene rings is 1. The largest absolute Gasteiger partial charge is 0.492 e. The van der Waals surface area contributed by atoms with Crippen molar-refractivity contribution < 1.29 is 9.47 Å². The van der Waals surface area contributed by atoms with Crippen LogP contribution in [-0.4, -0.2) is 28.7 Å². The molecule has 0 unspecified atom stereocenters. The van der Waals surface area contributed by atoms with Crippen LogP contribution in [0.25, 0.3) is 0 Å². The predicted molar refractivity (Wildman–Crippen MR) is 75.1 cm³/mol. The summed E-state index contributed by atoms with van der Waals surface area (Å²) in [6, 6.07) is 7.63. The number of rotatable bonds is 6. The Labute approximate surface area is 116 Å². The maximum atomic E-state index is 5.52. The van der Waals surface area contributed by atoms with Crippen LogP contribution in [0.4, 0.5) is 17.6 Å². The molecule has 0 radical (unpaired) electrons. The molecule has 0 aliphatic heterocycles. The summed E-state index contributed by atoms with van der Waals surface area (Å²) in [5.41, 5.74) is 3.10. The first-order valence-corrected chi connectivity index (χ1v) is 6.02. The van der Waals surface area contributed by atoms with Crippen molar-refractivity contribution in [2.24, 2.45) is 5.84 Å². The highest BCUT2D eigenvalue weighted by molar-refractivity contribution is 5.62. The Morgan fingerprint density at radius 3 is 2.60 bits per heavy atom. The van der Waals surface area contributed by atoms with Crippen molar-refractivity contribution in [1.29, 1.82) is 0 Å². The number of ether oxygens (including phenoxy) is 2. The lowest BCUT2D eigenvalue weighted by molar-refractivity contribution is 0.342. The van der Waals surface area contributed by atoms with Gasteiger partial charge in [-0.1, -0.05) is 12.1 Å². The lowest BCUT2D eigenvalue weighted by atomic mass is 10.3. The molecule has 0 aliphatic rings. The molecule has 0 aliphatic carbocycles. The zero-order valence-corrected chi connectivity index (χ0v) is 11.3. The molecule has 106 valence electrons. The predicted octanol–water partition coefficient (Wildman–Crippen LogP) is 1.31. The third-order valence-electron chi connectivity index (χ3n) is 2.36. The molecule has 1 aromatic carbocycles. The normalized spacial score (nSPS) is 9.95. The smallest absolute Gasteiger partial charge is 0.322 e. The molecule has 0 amide bonds. The number of nitrogens with two attached hydrogens (primary N) is 1. The van der Waals surface area contributed by atoms with Gasteiger partial charge in [0.05, 0.1) is 19.4 Å². The Morgan fingerprint density at radius 1 is 1.15 bits per heavy atom. The second-order valence-electron chi connectivity index (χ2n) is 3.67. The zero-order chi connectivity index (χ0) is 14.4. The van der Waals surface area contributed by atoms with Crippen molar-refractivity contribution in [2.45, 2.75) is 6.92 Å². The SMILES string of the molecule is CCOc1ccccc1Nc1nc(NN)nc(OC)n1. The van der Waals surface area contributed by atoms with Gasteiger partial charge in [-0.15, -0.1) is 0 Å². The minimum Gasteiger partial charge on any atom is -0.492 e. The van der Waals surface area contributed by atoms with Crippen LogP contribution >= 0.6 is 0 Å². The quantitative estimate of drug-likeness (QED) is 0.535. The van der Waals surface area contributed by atoms with E-state index in [1.165, 1.54) is 7.11 Å². The van der Waals surface area contributed by atoms with Crippen molar-refractivity contribution in [3.8, 4) is 11.8 Å². The maximum absolute atomic E-state index is 5.52. The highest BCUT2D eigenvalue weighted by Crippen LogP contribution is 2.26. The number of anilines is 3. The van der Waals surface area contributed by atoms with E-state index in [1.807, 2.05) is 31.2 Å². The average molecular weight is 276 g/mol. The average Bonchev–Trinajstić information content (AvgIpc) is 2.49. The maximum Gasteiger partial charge on any atom is 0.322 e. The third kappa shape index (κ3) is 3.23. The molecule has 1 heterocycles. The number of aromatic nitrogens is 3. The summed E-state index contributed by atoms with van der Waals surface area (Å²) >= 11 is 0. The van der Waals surface area contributed by atoms with Gasteiger partial charge < -0.3 is 14.8 Å². The van der Waals surface area contributed by atoms with Gasteiger partial charge in [0.25, 0.3) is 0 Å². The summed E-state index contributed by atoms with van der Waals surface area (Å²) in [5, 5.41) is 3.04. The number of nitrogens with one attached hydrogen (secondary N) is 2. The van der Waals surface area contributed by atoms with Crippen molar-refractivity contribution in [3.05, 3.63) is 24.3 Å². The van der Waals surface area contributed by atoms with Crippen molar-refractivity contribution in [1.82, 2.24) is 15.0 Å². The van der Waals surface area contributed by atoms with Gasteiger partial charge in [-0.25, -0.2) is 5.84 Å². The Hall–Kier alpha value is -2.61. The van der Waals surface area contributed by atoms with Crippen LogP contribution in [0, 0.1) is 0 Å². The van der Waals surface area contributed by atoms with Crippen molar-refractivity contribution >= 4 is 17.6 Å². The van der Waals surface area contributed by atoms with Gasteiger partial charge in [0, 0.05) is 0 Å². The van der Waals surface area contributed by atoms with Gasteiger partial charge in [-0.05, 0) is 19.1 Å². The summed E-state index contributed by atoms with van der Waals surface area (Å²) in [6.07, 6.45) is 0. The first-order valence-electron chi connectivity index (χ1n) is 6.02. The minimum absolute atomic E-state index is 0.157. The first-order chi connectivity index (χ1) is 9.76. The summed E-state index contributed by atoms with van der Waals surface area (Å²) in [4.78, 5) is 12.1. The highest BCUT2D eigenvalue weighted by atomic mass is 16.5. The molecule has 4 N–H and O–H groups in total. The third-order valence-corrected chi connectivity index (χ3v) is 2.36. The lowest BCUT2D eigenvalue weighted by Crippen LogP contribution is -2.13. The number of nitrogen functional groups attached to an aromatic ring is 1. The molecule has 0 atom stereocenters. The molecule has 1 aromatic heterocycles. The topological polar surface area (TPSA) is 107 Å². The summed E-state index contributed by atoms with van der Waals surface area (Å²) in [5.74, 6) is 6.51. The van der Waals surface area contributed by atoms with Crippen molar-refractivity contribution in [3.63, 3.8) is 0 Å². The van der Waals surface area contributed by atoms with E-state index < -0.39 is 0 Å². The Bertz CT molecular complexity index is 555. The van der Waals surface area contributed by atoms with E-state index >= 15 is 0 Å². The van der Waals surface area contributed by atoms with Gasteiger partial charge in [0.1, 0.15) is 5.75 Å². The first kappa shape index (κ1) is 13.8. The fraction of sp³-hybridized carbons (Fsp3) is 0.250. The number of para-hydroxylation sites is 2. The van der Waals surface area contributed by atoms with E-state index in [0.717, 1.165) is 5.69 Å². The molecular weight excluding hydrogens is 260 g/mol. The second-order valence-corrected chi connectivity index (χ2v) is 3.67. The summed E-state index contributed by atoms with van der Waals surface area (Å²) in [7, 11) is 1.47. The lowest BCUT2D eigenvalue weighted by Gasteiger charge is -2.11. The fourth-order valence-electron chi connectivity index (χ4n) is 1.54. The van der Waals surface area contributed by atoms with E-state index in [4.69, 9.17) is 15.3 Å². The molecule has 0 spiro atoms. The molecular formula is C12H16N6O2. The van der Waals surface area contributed by atoms with Crippen LogP contribution < -0.4 is 26.1 Å². The van der Waals surface area contributed by atoms with E-state index in [1.54, 1.807) is 0 Å². The van der Waals surface area contributed by atoms with Crippen molar-refractivity contribution in [2.75, 3.05) is 24.5 Å². The Balaban J connectivity index is 2.29. The standard InChI is InChI=1S/C12H16N6O2/c1-3-20-9-7-5-4-6-8(9)14-10-15-11(18-13)17-12(16-10)19-2/h4-7H,3,13H2,1-2H3,(H2,14,15,16,17,18). The van der Waals surface area contributed by atoms with Crippen LogP contribution in [-0.2, 0) is 0 Å². The summed E-state index contributed by atoms with van der Waals surface area (Å²) < 4.78 is 10.5. The molecule has 0 fully saturated rings. The van der Waals surface area contributed by atoms with E-state index in [-0.39, 0.29) is 12.0 Å². The highest BCUT2D eigenvalue weighted by Gasteiger charge is 2.08. The molecule has 8 nitrogen and oxygen atoms in total. The number of nitrogens with zero attached hydrogens (tertiary/aromatic N) is 3. The molecule has 0 saturated carbocycles. The molecule has 8 heteroatoms. The Kier molecular flexibility index (Phi) is 4.51. The van der Waals surface area contributed by atoms with Gasteiger partial charge in [0.15, 0.2) is 0 Å². The van der Waals surface area contributed by atoms with Crippen LogP contribution in [0.1, 0.15) is 6.92 Å². The van der Waals surface area contributed by atoms with Crippen LogP contribution in [0.5, 0.6) is 11.8 Å². The van der Waals surface area contributed by atoms with Gasteiger partial charge in [0.2, 0.25) is 11.9 Å². The van der Waals surface area contributed by atoms with Crippen LogP contribution in [0.2, 0.25) is 0 Å². The zero-order valence-electron chi connectivity index (χ0n) is 11.3. The van der Waals surface area contributed by atoms with E-state index in [9.17, 15) is 0 Å². The molecule has 20 heavy (non-hydrogen) atoms. The number of hydrogen-bond acceptors (Lipinski definition) is 8. The van der Waals surface area contributed by atoms with Gasteiger partial charge >= 0.3 is 6.01 Å². The molecule has 2 rings (SSSR count). The van der Waals surface area contributed by atoms with Crippen LogP contribution in [0.3, 0.4) is 0 Å². The monoisotopic (exact) mass is 276 g/mol. The molecule has 2 aromatic rings. The van der Waals surface area contributed by atoms with Gasteiger partial charge in [-0.2, -0.15) is 15.0 Å². The second kappa shape index (κ2) is 6.53. The number of methoxy groups -OCH3 is 1. The molecule has 0 saturated heterocycles. The van der Waals surface area contributed by atoms with Crippen LogP contribution in [0.15, 0.2) is 24.3 Å². The van der Waals surface area contributed by atoms with Gasteiger partial charge in [-0.3, -0.25) is 5.43 Å². The fourth-order valence-corrected chi connectivity index (χ4v) is 1.54. The number of hydrogen-bond donors (Lipinski definition) is 3.